The first-order chi connectivity index (χ1) is 10.7. The predicted molar refractivity (Wildman–Crippen MR) is 77.9 cm³/mol. The first-order valence-electron chi connectivity index (χ1n) is 6.32. The highest BCUT2D eigenvalue weighted by Crippen LogP contribution is 2.25. The third-order valence-electron chi connectivity index (χ3n) is 2.57. The standard InChI is InChI=1S/C8H11N.C6H3BF4O3/c1-9(2)8-6-4-3-5-7-8;8-2-1-3(9)6(14-7(12)13)5(11)4(2)10/h3-7H,1-2H3;1,12-13H. The van der Waals surface area contributed by atoms with Crippen LogP contribution in [0.15, 0.2) is 36.4 Å². The molecular formula is C14H14BF4NO3. The SMILES string of the molecule is CN(C)c1ccccc1.OB(O)Oc1c(F)cc(F)c(F)c1F. The highest BCUT2D eigenvalue weighted by Gasteiger charge is 2.24. The maximum absolute atomic E-state index is 12.7. The van der Waals surface area contributed by atoms with Gasteiger partial charge in [0, 0.05) is 25.8 Å². The van der Waals surface area contributed by atoms with Crippen LogP contribution in [0.25, 0.3) is 0 Å². The topological polar surface area (TPSA) is 52.9 Å². The number of nitrogens with zero attached hydrogens (tertiary/aromatic N) is 1. The van der Waals surface area contributed by atoms with E-state index in [1.807, 2.05) is 32.3 Å². The molecule has 0 aliphatic rings. The summed E-state index contributed by atoms with van der Waals surface area (Å²) in [7, 11) is 1.55. The van der Waals surface area contributed by atoms with E-state index in [9.17, 15) is 17.6 Å². The molecule has 0 fully saturated rings. The summed E-state index contributed by atoms with van der Waals surface area (Å²) in [4.78, 5) is 2.08. The van der Waals surface area contributed by atoms with E-state index < -0.39 is 36.3 Å². The van der Waals surface area contributed by atoms with Crippen molar-refractivity contribution in [1.82, 2.24) is 0 Å². The lowest BCUT2D eigenvalue weighted by atomic mass is 10.2. The average molecular weight is 331 g/mol. The second kappa shape index (κ2) is 8.40. The lowest BCUT2D eigenvalue weighted by Crippen LogP contribution is -2.22. The Morgan fingerprint density at radius 1 is 0.913 bits per heavy atom. The maximum atomic E-state index is 12.7. The van der Waals surface area contributed by atoms with Crippen molar-refractivity contribution < 1.29 is 32.3 Å². The Morgan fingerprint density at radius 3 is 1.91 bits per heavy atom. The number of hydrogen-bond acceptors (Lipinski definition) is 4. The Bertz CT molecular complexity index is 642. The van der Waals surface area contributed by atoms with Gasteiger partial charge in [0.1, 0.15) is 0 Å². The lowest BCUT2D eigenvalue weighted by Gasteiger charge is -2.10. The molecule has 0 bridgehead atoms. The summed E-state index contributed by atoms with van der Waals surface area (Å²) in [6.45, 7) is 0. The van der Waals surface area contributed by atoms with Gasteiger partial charge >= 0.3 is 7.32 Å². The van der Waals surface area contributed by atoms with Crippen LogP contribution < -0.4 is 9.55 Å². The number of hydrogen-bond donors (Lipinski definition) is 2. The van der Waals surface area contributed by atoms with Crippen LogP contribution in [0, 0.1) is 23.3 Å². The molecule has 0 aliphatic heterocycles. The predicted octanol–water partition coefficient (Wildman–Crippen LogP) is 2.34. The molecule has 0 saturated heterocycles. The number of anilines is 1. The molecule has 2 aromatic carbocycles. The van der Waals surface area contributed by atoms with Gasteiger partial charge in [0.15, 0.2) is 23.2 Å². The summed E-state index contributed by atoms with van der Waals surface area (Å²) in [5, 5.41) is 16.4. The minimum absolute atomic E-state index is 0.0239. The van der Waals surface area contributed by atoms with Crippen LogP contribution in [0.5, 0.6) is 5.75 Å². The van der Waals surface area contributed by atoms with Crippen molar-refractivity contribution in [2.24, 2.45) is 0 Å². The summed E-state index contributed by atoms with van der Waals surface area (Å²) in [5.41, 5.74) is 1.25. The molecule has 0 heterocycles. The van der Waals surface area contributed by atoms with E-state index >= 15 is 0 Å². The van der Waals surface area contributed by atoms with Crippen molar-refractivity contribution in [1.29, 1.82) is 0 Å². The number of rotatable bonds is 3. The summed E-state index contributed by atoms with van der Waals surface area (Å²) in [6.07, 6.45) is 0. The summed E-state index contributed by atoms with van der Waals surface area (Å²) in [5.74, 6) is -8.62. The van der Waals surface area contributed by atoms with Crippen molar-refractivity contribution in [2.75, 3.05) is 19.0 Å². The summed E-state index contributed by atoms with van der Waals surface area (Å²) in [6, 6.07) is 10.3. The fourth-order valence-corrected chi connectivity index (χ4v) is 1.49. The third kappa shape index (κ3) is 5.46. The smallest absolute Gasteiger partial charge is 0.507 e. The van der Waals surface area contributed by atoms with Crippen molar-refractivity contribution in [2.45, 2.75) is 0 Å². The quantitative estimate of drug-likeness (QED) is 0.392. The molecule has 0 spiro atoms. The number of para-hydroxylation sites is 1. The van der Waals surface area contributed by atoms with E-state index in [-0.39, 0.29) is 6.07 Å². The van der Waals surface area contributed by atoms with Gasteiger partial charge in [-0.05, 0) is 12.1 Å². The monoisotopic (exact) mass is 331 g/mol. The first kappa shape index (κ1) is 18.8. The largest absolute Gasteiger partial charge is 0.707 e. The Morgan fingerprint density at radius 2 is 1.48 bits per heavy atom. The minimum atomic E-state index is -2.52. The number of benzene rings is 2. The second-order valence-electron chi connectivity index (χ2n) is 4.47. The Balaban J connectivity index is 0.000000253. The third-order valence-corrected chi connectivity index (χ3v) is 2.57. The molecular weight excluding hydrogens is 317 g/mol. The van der Waals surface area contributed by atoms with E-state index in [4.69, 9.17) is 10.0 Å². The minimum Gasteiger partial charge on any atom is -0.507 e. The Labute approximate surface area is 130 Å². The van der Waals surface area contributed by atoms with Crippen LogP contribution >= 0.6 is 0 Å². The molecule has 0 unspecified atom stereocenters. The molecule has 0 atom stereocenters. The molecule has 124 valence electrons. The van der Waals surface area contributed by atoms with Gasteiger partial charge in [-0.3, -0.25) is 0 Å². The Kier molecular flexibility index (Phi) is 6.86. The van der Waals surface area contributed by atoms with Crippen LogP contribution in [0.1, 0.15) is 0 Å². The van der Waals surface area contributed by atoms with Gasteiger partial charge in [-0.25, -0.2) is 13.2 Å². The first-order valence-corrected chi connectivity index (χ1v) is 6.32. The van der Waals surface area contributed by atoms with Crippen molar-refractivity contribution in [3.8, 4) is 5.75 Å². The molecule has 4 nitrogen and oxygen atoms in total. The van der Waals surface area contributed by atoms with E-state index in [0.29, 0.717) is 0 Å². The van der Waals surface area contributed by atoms with Crippen molar-refractivity contribution in [3.63, 3.8) is 0 Å². The maximum Gasteiger partial charge on any atom is 0.707 e. The van der Waals surface area contributed by atoms with Gasteiger partial charge in [-0.1, -0.05) is 18.2 Å². The Hall–Kier alpha value is -2.26. The highest BCUT2D eigenvalue weighted by molar-refractivity contribution is 6.33. The molecule has 0 amide bonds. The zero-order chi connectivity index (χ0) is 17.6. The van der Waals surface area contributed by atoms with Gasteiger partial charge in [0.2, 0.25) is 5.82 Å². The lowest BCUT2D eigenvalue weighted by molar-refractivity contribution is 0.269. The van der Waals surface area contributed by atoms with E-state index in [1.165, 1.54) is 5.69 Å². The average Bonchev–Trinajstić information content (AvgIpc) is 2.51. The van der Waals surface area contributed by atoms with Crippen LogP contribution in [-0.4, -0.2) is 31.5 Å². The van der Waals surface area contributed by atoms with Gasteiger partial charge in [-0.15, -0.1) is 0 Å². The number of halogens is 4. The second-order valence-corrected chi connectivity index (χ2v) is 4.47. The fraction of sp³-hybridized carbons (Fsp3) is 0.143. The van der Waals surface area contributed by atoms with Crippen molar-refractivity contribution in [3.05, 3.63) is 59.7 Å². The molecule has 0 aliphatic carbocycles. The molecule has 0 aromatic heterocycles. The molecule has 2 N–H and O–H groups in total. The van der Waals surface area contributed by atoms with E-state index in [2.05, 4.69) is 21.7 Å². The van der Waals surface area contributed by atoms with Crippen LogP contribution in [0.3, 0.4) is 0 Å². The van der Waals surface area contributed by atoms with E-state index in [1.54, 1.807) is 0 Å². The van der Waals surface area contributed by atoms with Crippen LogP contribution in [0.4, 0.5) is 23.2 Å². The van der Waals surface area contributed by atoms with Gasteiger partial charge < -0.3 is 19.6 Å². The highest BCUT2D eigenvalue weighted by atomic mass is 19.2. The summed E-state index contributed by atoms with van der Waals surface area (Å²) >= 11 is 0. The van der Waals surface area contributed by atoms with Gasteiger partial charge in [-0.2, -0.15) is 4.39 Å². The summed E-state index contributed by atoms with van der Waals surface area (Å²) < 4.78 is 53.9. The van der Waals surface area contributed by atoms with Crippen LogP contribution in [0.2, 0.25) is 0 Å². The van der Waals surface area contributed by atoms with Gasteiger partial charge in [0.05, 0.1) is 0 Å². The van der Waals surface area contributed by atoms with Crippen LogP contribution in [-0.2, 0) is 0 Å². The molecule has 0 saturated carbocycles. The molecule has 23 heavy (non-hydrogen) atoms. The molecule has 0 radical (unpaired) electrons. The molecule has 2 rings (SSSR count). The zero-order valence-corrected chi connectivity index (χ0v) is 12.3. The van der Waals surface area contributed by atoms with Gasteiger partial charge in [0.25, 0.3) is 0 Å². The van der Waals surface area contributed by atoms with Crippen molar-refractivity contribution >= 4 is 13.0 Å². The zero-order valence-electron chi connectivity index (χ0n) is 12.3. The molecule has 2 aromatic rings. The fourth-order valence-electron chi connectivity index (χ4n) is 1.49. The van der Waals surface area contributed by atoms with E-state index in [0.717, 1.165) is 0 Å². The normalized spacial score (nSPS) is 9.74. The molecule has 9 heteroatoms.